The molecule has 0 saturated carbocycles. The van der Waals surface area contributed by atoms with Crippen LogP contribution >= 0.6 is 0 Å². The second kappa shape index (κ2) is 10.3. The number of nitrogens with zero attached hydrogens (tertiary/aromatic N) is 2. The van der Waals surface area contributed by atoms with Crippen LogP contribution in [0.3, 0.4) is 0 Å². The van der Waals surface area contributed by atoms with Crippen molar-refractivity contribution in [2.75, 3.05) is 6.54 Å². The quantitative estimate of drug-likeness (QED) is 0.313. The predicted molar refractivity (Wildman–Crippen MR) is 118 cm³/mol. The van der Waals surface area contributed by atoms with Gasteiger partial charge in [-0.1, -0.05) is 12.1 Å². The maximum absolute atomic E-state index is 13.9. The molecule has 0 saturated heterocycles. The van der Waals surface area contributed by atoms with E-state index in [-0.39, 0.29) is 34.8 Å². The van der Waals surface area contributed by atoms with E-state index in [4.69, 9.17) is 9.84 Å². The third-order valence-electron chi connectivity index (χ3n) is 5.28. The van der Waals surface area contributed by atoms with Crippen molar-refractivity contribution < 1.29 is 37.0 Å². The number of pyridine rings is 1. The largest absolute Gasteiger partial charge is 0.485 e. The first kappa shape index (κ1) is 24.5. The van der Waals surface area contributed by atoms with Gasteiger partial charge in [0.2, 0.25) is 0 Å². The van der Waals surface area contributed by atoms with Crippen LogP contribution in [0.1, 0.15) is 27.7 Å². The van der Waals surface area contributed by atoms with Gasteiger partial charge in [-0.3, -0.25) is 9.20 Å². The lowest BCUT2D eigenvalue weighted by Crippen LogP contribution is -2.37. The Hall–Kier alpha value is -4.61. The molecule has 12 heteroatoms. The van der Waals surface area contributed by atoms with Gasteiger partial charge in [0.15, 0.2) is 23.0 Å². The molecular formula is C24H18F4N4O4. The van der Waals surface area contributed by atoms with Gasteiger partial charge in [0.05, 0.1) is 17.8 Å². The van der Waals surface area contributed by atoms with E-state index in [1.54, 1.807) is 0 Å². The normalized spacial score (nSPS) is 11.8. The van der Waals surface area contributed by atoms with Crippen molar-refractivity contribution in [3.8, 4) is 5.75 Å². The van der Waals surface area contributed by atoms with Crippen molar-refractivity contribution in [3.63, 3.8) is 0 Å². The second-order valence-corrected chi connectivity index (χ2v) is 7.58. The fourth-order valence-electron chi connectivity index (χ4n) is 3.49. The van der Waals surface area contributed by atoms with Crippen LogP contribution in [0.4, 0.5) is 22.4 Å². The van der Waals surface area contributed by atoms with Crippen LogP contribution in [0.2, 0.25) is 0 Å². The molecule has 2 heterocycles. The Morgan fingerprint density at radius 2 is 1.75 bits per heavy atom. The van der Waals surface area contributed by atoms with Gasteiger partial charge in [-0.2, -0.15) is 0 Å². The van der Waals surface area contributed by atoms with E-state index in [0.29, 0.717) is 0 Å². The number of halogens is 4. The average Bonchev–Trinajstić information content (AvgIpc) is 3.28. The first-order valence-electron chi connectivity index (χ1n) is 10.5. The summed E-state index contributed by atoms with van der Waals surface area (Å²) in [5.74, 6) is -4.37. The van der Waals surface area contributed by atoms with Gasteiger partial charge in [0.25, 0.3) is 5.91 Å². The standard InChI is InChI=1S/C24H18F4N4O4/c25-15-3-1-4-16(26)14(15)12-36-21-5-2-8-32-20(11-29-22(21)32)23(33)31-19(10-30-24(34)35)13-6-7-17(27)18(28)9-13/h1-9,11,19,30H,10,12H2,(H,31,33)(H,34,35). The number of hydrogen-bond acceptors (Lipinski definition) is 4. The van der Waals surface area contributed by atoms with E-state index in [9.17, 15) is 27.2 Å². The zero-order valence-electron chi connectivity index (χ0n) is 18.3. The highest BCUT2D eigenvalue weighted by Crippen LogP contribution is 2.23. The summed E-state index contributed by atoms with van der Waals surface area (Å²) < 4.78 is 61.8. The minimum Gasteiger partial charge on any atom is -0.485 e. The Balaban J connectivity index is 1.58. The van der Waals surface area contributed by atoms with Crippen LogP contribution in [0.15, 0.2) is 60.9 Å². The molecule has 0 fully saturated rings. The monoisotopic (exact) mass is 502 g/mol. The molecule has 1 unspecified atom stereocenters. The Bertz CT molecular complexity index is 1420. The minimum absolute atomic E-state index is 0.00966. The molecule has 0 bridgehead atoms. The molecule has 2 amide bonds. The maximum atomic E-state index is 13.9. The second-order valence-electron chi connectivity index (χ2n) is 7.58. The fourth-order valence-corrected chi connectivity index (χ4v) is 3.49. The maximum Gasteiger partial charge on any atom is 0.404 e. The molecule has 0 aliphatic heterocycles. The molecule has 4 aromatic rings. The summed E-state index contributed by atoms with van der Waals surface area (Å²) in [6.45, 7) is -0.753. The number of nitrogens with one attached hydrogen (secondary N) is 2. The molecule has 186 valence electrons. The average molecular weight is 502 g/mol. The van der Waals surface area contributed by atoms with Gasteiger partial charge < -0.3 is 20.5 Å². The number of fused-ring (bicyclic) bond motifs is 1. The van der Waals surface area contributed by atoms with E-state index in [2.05, 4.69) is 15.6 Å². The Morgan fingerprint density at radius 1 is 1.00 bits per heavy atom. The zero-order chi connectivity index (χ0) is 25.8. The summed E-state index contributed by atoms with van der Waals surface area (Å²) in [4.78, 5) is 28.1. The van der Waals surface area contributed by atoms with E-state index < -0.39 is 47.9 Å². The SMILES string of the molecule is O=C(O)NCC(NC(=O)c1cnc2c(OCc3c(F)cccc3F)cccn12)c1ccc(F)c(F)c1. The number of aromatic nitrogens is 2. The molecule has 4 rings (SSSR count). The van der Waals surface area contributed by atoms with Crippen molar-refractivity contribution in [2.45, 2.75) is 12.6 Å². The minimum atomic E-state index is -1.38. The van der Waals surface area contributed by atoms with Gasteiger partial charge in [-0.25, -0.2) is 27.3 Å². The van der Waals surface area contributed by atoms with Gasteiger partial charge in [-0.15, -0.1) is 0 Å². The van der Waals surface area contributed by atoms with Gasteiger partial charge in [0, 0.05) is 12.7 Å². The van der Waals surface area contributed by atoms with E-state index in [1.807, 2.05) is 0 Å². The van der Waals surface area contributed by atoms with Crippen LogP contribution in [0.5, 0.6) is 5.75 Å². The molecule has 3 N–H and O–H groups in total. The number of amides is 2. The van der Waals surface area contributed by atoms with Crippen LogP contribution in [-0.4, -0.2) is 33.0 Å². The molecule has 0 radical (unpaired) electrons. The van der Waals surface area contributed by atoms with E-state index >= 15 is 0 Å². The number of benzene rings is 2. The summed E-state index contributed by atoms with van der Waals surface area (Å²) in [7, 11) is 0. The summed E-state index contributed by atoms with van der Waals surface area (Å²) in [5.41, 5.74) is 0.0351. The Labute approximate surface area is 201 Å². The molecule has 0 aliphatic carbocycles. The number of carbonyl (C=O) groups excluding carboxylic acids is 1. The van der Waals surface area contributed by atoms with E-state index in [0.717, 1.165) is 24.3 Å². The van der Waals surface area contributed by atoms with Crippen LogP contribution in [0, 0.1) is 23.3 Å². The molecule has 1 atom stereocenters. The molecular weight excluding hydrogens is 484 g/mol. The van der Waals surface area contributed by atoms with Crippen molar-refractivity contribution in [3.05, 3.63) is 101 Å². The number of imidazole rings is 1. The van der Waals surface area contributed by atoms with Crippen LogP contribution in [-0.2, 0) is 6.61 Å². The summed E-state index contributed by atoms with van der Waals surface area (Å²) >= 11 is 0. The van der Waals surface area contributed by atoms with Crippen LogP contribution in [0.25, 0.3) is 5.65 Å². The highest BCUT2D eigenvalue weighted by atomic mass is 19.2. The molecule has 2 aromatic carbocycles. The number of hydrogen-bond donors (Lipinski definition) is 3. The molecule has 2 aromatic heterocycles. The van der Waals surface area contributed by atoms with Crippen LogP contribution < -0.4 is 15.4 Å². The van der Waals surface area contributed by atoms with Crippen molar-refractivity contribution >= 4 is 17.6 Å². The molecule has 36 heavy (non-hydrogen) atoms. The molecule has 0 aliphatic rings. The fraction of sp³-hybridized carbons (Fsp3) is 0.125. The number of carbonyl (C=O) groups is 2. The van der Waals surface area contributed by atoms with Gasteiger partial charge in [-0.05, 0) is 42.0 Å². The lowest BCUT2D eigenvalue weighted by molar-refractivity contribution is 0.0929. The van der Waals surface area contributed by atoms with E-state index in [1.165, 1.54) is 41.1 Å². The zero-order valence-corrected chi connectivity index (χ0v) is 18.3. The summed E-state index contributed by atoms with van der Waals surface area (Å²) in [6.07, 6.45) is 1.34. The number of carboxylic acid groups (broad SMARTS) is 1. The Morgan fingerprint density at radius 3 is 2.44 bits per heavy atom. The lowest BCUT2D eigenvalue weighted by Gasteiger charge is -2.19. The van der Waals surface area contributed by atoms with Crippen molar-refractivity contribution in [1.29, 1.82) is 0 Å². The van der Waals surface area contributed by atoms with Crippen molar-refractivity contribution in [1.82, 2.24) is 20.0 Å². The third kappa shape index (κ3) is 5.22. The van der Waals surface area contributed by atoms with Gasteiger partial charge in [0.1, 0.15) is 23.9 Å². The highest BCUT2D eigenvalue weighted by Gasteiger charge is 2.21. The Kier molecular flexibility index (Phi) is 7.04. The lowest BCUT2D eigenvalue weighted by atomic mass is 10.1. The summed E-state index contributed by atoms with van der Waals surface area (Å²) in [6, 6.07) is 8.35. The van der Waals surface area contributed by atoms with Gasteiger partial charge >= 0.3 is 6.09 Å². The highest BCUT2D eigenvalue weighted by molar-refractivity contribution is 5.93. The smallest absolute Gasteiger partial charge is 0.404 e. The first-order chi connectivity index (χ1) is 17.2. The predicted octanol–water partition coefficient (Wildman–Crippen LogP) is 4.21. The molecule has 0 spiro atoms. The topological polar surface area (TPSA) is 105 Å². The number of rotatable bonds is 8. The third-order valence-corrected chi connectivity index (χ3v) is 5.28. The van der Waals surface area contributed by atoms with Crippen molar-refractivity contribution in [2.24, 2.45) is 0 Å². The molecule has 8 nitrogen and oxygen atoms in total. The first-order valence-corrected chi connectivity index (χ1v) is 10.5. The summed E-state index contributed by atoms with van der Waals surface area (Å²) in [5, 5.41) is 13.6. The number of ether oxygens (including phenoxy) is 1.